The summed E-state index contributed by atoms with van der Waals surface area (Å²) in [6, 6.07) is 22.2. The molecule has 1 aliphatic heterocycles. The van der Waals surface area contributed by atoms with Crippen LogP contribution in [0.15, 0.2) is 119 Å². The monoisotopic (exact) mass is 660 g/mol. The second-order valence-electron chi connectivity index (χ2n) is 11.8. The number of hydrogen-bond donors (Lipinski definition) is 2. The Kier molecular flexibility index (Phi) is 7.25. The maximum Gasteiger partial charge on any atom is 0.238 e. The summed E-state index contributed by atoms with van der Waals surface area (Å²) in [5, 5.41) is 14.7. The highest BCUT2D eigenvalue weighted by Gasteiger charge is 2.57. The average Bonchev–Trinajstić information content (AvgIpc) is 3.30. The van der Waals surface area contributed by atoms with Crippen molar-refractivity contribution in [1.82, 2.24) is 0 Å². The number of fused-ring (bicyclic) bond motifs is 3. The number of nitrogens with zero attached hydrogens (tertiary/aromatic N) is 1. The summed E-state index contributed by atoms with van der Waals surface area (Å²) in [6.45, 7) is 3.79. The number of allylic oxidation sites excluding steroid dienone is 7. The summed E-state index contributed by atoms with van der Waals surface area (Å²) in [4.78, 5) is 56.3. The quantitative estimate of drug-likeness (QED) is 0.171. The Hall–Kier alpha value is -4.82. The molecule has 3 aromatic rings. The lowest BCUT2D eigenvalue weighted by Gasteiger charge is -2.42. The molecule has 3 aromatic carbocycles. The van der Waals surface area contributed by atoms with E-state index >= 15 is 0 Å². The van der Waals surface area contributed by atoms with Crippen LogP contribution in [0, 0.1) is 17.8 Å². The molecule has 0 radical (unpaired) electrons. The van der Waals surface area contributed by atoms with Crippen LogP contribution in [0.4, 0.5) is 17.1 Å². The summed E-state index contributed by atoms with van der Waals surface area (Å²) in [7, 11) is 0. The Morgan fingerprint density at radius 1 is 0.911 bits per heavy atom. The third kappa shape index (κ3) is 4.71. The van der Waals surface area contributed by atoms with Gasteiger partial charge in [0.2, 0.25) is 11.8 Å². The zero-order chi connectivity index (χ0) is 31.4. The van der Waals surface area contributed by atoms with E-state index in [1.807, 2.05) is 54.6 Å². The minimum atomic E-state index is -0.724. The fraction of sp³-hybridized carbons (Fsp3) is 0.189. The maximum absolute atomic E-state index is 14.2. The van der Waals surface area contributed by atoms with Crippen LogP contribution in [0.2, 0.25) is 0 Å². The second-order valence-corrected chi connectivity index (χ2v) is 12.6. The number of anilines is 3. The number of halogens is 1. The molecule has 4 atom stereocenters. The first-order valence-electron chi connectivity index (χ1n) is 14.9. The Balaban J connectivity index is 1.27. The van der Waals surface area contributed by atoms with Gasteiger partial charge in [0.15, 0.2) is 11.6 Å². The van der Waals surface area contributed by atoms with Gasteiger partial charge in [0, 0.05) is 40.1 Å². The Bertz CT molecular complexity index is 1890. The molecule has 1 heterocycles. The molecule has 3 aliphatic carbocycles. The minimum Gasteiger partial charge on any atom is -0.507 e. The van der Waals surface area contributed by atoms with Crippen molar-refractivity contribution in [3.8, 4) is 5.75 Å². The van der Waals surface area contributed by atoms with E-state index in [2.05, 4.69) is 27.8 Å². The lowest BCUT2D eigenvalue weighted by molar-refractivity contribution is -0.123. The van der Waals surface area contributed by atoms with E-state index in [1.54, 1.807) is 30.3 Å². The van der Waals surface area contributed by atoms with Gasteiger partial charge in [-0.1, -0.05) is 54.1 Å². The summed E-state index contributed by atoms with van der Waals surface area (Å²) >= 11 is 3.26. The van der Waals surface area contributed by atoms with Crippen LogP contribution in [-0.2, 0) is 25.6 Å². The number of hydrogen-bond acceptors (Lipinski definition) is 6. The Morgan fingerprint density at radius 2 is 1.64 bits per heavy atom. The number of amides is 2. The van der Waals surface area contributed by atoms with Gasteiger partial charge in [-0.25, -0.2) is 0 Å². The summed E-state index contributed by atoms with van der Waals surface area (Å²) < 4.78 is 0.161. The molecule has 4 aliphatic rings. The van der Waals surface area contributed by atoms with Crippen molar-refractivity contribution in [2.75, 3.05) is 10.2 Å². The number of ketones is 2. The average molecular weight is 662 g/mol. The van der Waals surface area contributed by atoms with Gasteiger partial charge in [0.1, 0.15) is 5.75 Å². The number of benzene rings is 3. The first kappa shape index (κ1) is 28.9. The molecule has 2 N–H and O–H groups in total. The van der Waals surface area contributed by atoms with E-state index in [9.17, 15) is 24.3 Å². The number of phenolic OH excluding ortho intramolecular Hbond substituents is 1. The van der Waals surface area contributed by atoms with Crippen molar-refractivity contribution in [2.45, 2.75) is 25.2 Å². The first-order chi connectivity index (χ1) is 21.8. The van der Waals surface area contributed by atoms with E-state index in [1.165, 1.54) is 11.0 Å². The molecular formula is C37H29BrN2O5. The molecule has 0 aromatic heterocycles. The molecule has 45 heavy (non-hydrogen) atoms. The van der Waals surface area contributed by atoms with Crippen LogP contribution >= 0.6 is 15.9 Å². The zero-order valence-electron chi connectivity index (χ0n) is 24.2. The molecular weight excluding hydrogens is 632 g/mol. The van der Waals surface area contributed by atoms with Crippen molar-refractivity contribution < 1.29 is 24.3 Å². The summed E-state index contributed by atoms with van der Waals surface area (Å²) in [6.07, 6.45) is 5.82. The molecule has 0 bridgehead atoms. The van der Waals surface area contributed by atoms with E-state index in [4.69, 9.17) is 0 Å². The lowest BCUT2D eigenvalue weighted by atomic mass is 9.59. The van der Waals surface area contributed by atoms with Crippen molar-refractivity contribution in [2.24, 2.45) is 17.8 Å². The highest BCUT2D eigenvalue weighted by molar-refractivity contribution is 9.12. The zero-order valence-corrected chi connectivity index (χ0v) is 25.8. The highest BCUT2D eigenvalue weighted by Crippen LogP contribution is 2.56. The number of nitrogens with one attached hydrogen (secondary N) is 1. The number of para-hydroxylation sites is 2. The lowest BCUT2D eigenvalue weighted by Crippen LogP contribution is -2.39. The van der Waals surface area contributed by atoms with E-state index in [0.29, 0.717) is 40.8 Å². The molecule has 1 fully saturated rings. The van der Waals surface area contributed by atoms with E-state index in [-0.39, 0.29) is 40.0 Å². The molecule has 7 nitrogen and oxygen atoms in total. The third-order valence-corrected chi connectivity index (χ3v) is 9.93. The molecule has 7 rings (SSSR count). The predicted octanol–water partition coefficient (Wildman–Crippen LogP) is 6.83. The smallest absolute Gasteiger partial charge is 0.238 e. The van der Waals surface area contributed by atoms with Crippen molar-refractivity contribution in [1.29, 1.82) is 0 Å². The normalized spacial score (nSPS) is 24.1. The van der Waals surface area contributed by atoms with Gasteiger partial charge in [-0.15, -0.1) is 6.58 Å². The van der Waals surface area contributed by atoms with Gasteiger partial charge >= 0.3 is 0 Å². The fourth-order valence-electron chi connectivity index (χ4n) is 7.36. The number of imide groups is 1. The number of rotatable bonds is 6. The van der Waals surface area contributed by atoms with Crippen molar-refractivity contribution in [3.05, 3.63) is 130 Å². The molecule has 2 amide bonds. The topological polar surface area (TPSA) is 104 Å². The third-order valence-electron chi connectivity index (χ3n) is 9.35. The number of phenols is 1. The van der Waals surface area contributed by atoms with Gasteiger partial charge in [0.25, 0.3) is 0 Å². The van der Waals surface area contributed by atoms with Crippen LogP contribution < -0.4 is 10.2 Å². The highest BCUT2D eigenvalue weighted by atomic mass is 79.9. The van der Waals surface area contributed by atoms with E-state index < -0.39 is 23.7 Å². The van der Waals surface area contributed by atoms with Gasteiger partial charge in [-0.2, -0.15) is 0 Å². The fourth-order valence-corrected chi connectivity index (χ4v) is 7.81. The van der Waals surface area contributed by atoms with Gasteiger partial charge in [0.05, 0.1) is 22.0 Å². The molecule has 0 saturated carbocycles. The molecule has 224 valence electrons. The van der Waals surface area contributed by atoms with Crippen LogP contribution in [-0.4, -0.2) is 28.5 Å². The summed E-state index contributed by atoms with van der Waals surface area (Å²) in [5.74, 6) is -3.70. The Morgan fingerprint density at radius 3 is 2.38 bits per heavy atom. The number of Topliss-reactive ketones (excluding diaryl/α,β-unsaturated/α-hetero) is 1. The molecule has 0 spiro atoms. The van der Waals surface area contributed by atoms with Crippen LogP contribution in [0.3, 0.4) is 0 Å². The molecule has 1 saturated heterocycles. The largest absolute Gasteiger partial charge is 0.507 e. The van der Waals surface area contributed by atoms with Gasteiger partial charge in [-0.05, 0) is 83.1 Å². The summed E-state index contributed by atoms with van der Waals surface area (Å²) in [5.41, 5.74) is 4.81. The molecule has 8 heteroatoms. The number of aromatic hydroxyl groups is 1. The van der Waals surface area contributed by atoms with Crippen LogP contribution in [0.25, 0.3) is 0 Å². The van der Waals surface area contributed by atoms with Gasteiger partial charge in [-0.3, -0.25) is 24.1 Å². The standard InChI is InChI=1S/C37H29BrN2O5/c1-2-7-20-8-6-11-25(34(20)42)31-24-16-17-26-32(27(24)18-28-33(31)30(41)19-29(38)35(28)43)37(45)40(36(26)44)23-14-12-22(13-15-23)39-21-9-4-3-5-10-21/h2-6,8-16,19,26-27,31-32,39,42H,1,7,17-18H2. The van der Waals surface area contributed by atoms with Gasteiger partial charge < -0.3 is 10.4 Å². The minimum absolute atomic E-state index is 0.0337. The van der Waals surface area contributed by atoms with Crippen LogP contribution in [0.1, 0.15) is 29.9 Å². The van der Waals surface area contributed by atoms with Crippen LogP contribution in [0.5, 0.6) is 5.75 Å². The van der Waals surface area contributed by atoms with Crippen molar-refractivity contribution in [3.63, 3.8) is 0 Å². The second kappa shape index (κ2) is 11.3. The predicted molar refractivity (Wildman–Crippen MR) is 175 cm³/mol. The number of carbonyl (C=O) groups excluding carboxylic acids is 4. The SMILES string of the molecule is C=CCc1cccc(C2C3=CCC4C(=O)N(c5ccc(Nc6ccccc6)cc5)C(=O)C4C3CC3=C2C(=O)C=C(Br)C3=O)c1O. The maximum atomic E-state index is 14.2. The van der Waals surface area contributed by atoms with Crippen molar-refractivity contribution >= 4 is 56.4 Å². The molecule has 4 unspecified atom stereocenters. The first-order valence-corrected chi connectivity index (χ1v) is 15.7. The Labute approximate surface area is 268 Å². The number of carbonyl (C=O) groups is 4. The van der Waals surface area contributed by atoms with E-state index in [0.717, 1.165) is 16.9 Å².